The lowest BCUT2D eigenvalue weighted by Crippen LogP contribution is -2.44. The molecule has 1 aromatic carbocycles. The molecule has 0 radical (unpaired) electrons. The van der Waals surface area contributed by atoms with E-state index in [2.05, 4.69) is 0 Å². The Bertz CT molecular complexity index is 649. The van der Waals surface area contributed by atoms with Crippen LogP contribution in [0.5, 0.6) is 0 Å². The van der Waals surface area contributed by atoms with E-state index in [0.29, 0.717) is 16.5 Å². The van der Waals surface area contributed by atoms with Crippen molar-refractivity contribution in [2.75, 3.05) is 6.54 Å². The van der Waals surface area contributed by atoms with Crippen LogP contribution in [0.3, 0.4) is 0 Å². The van der Waals surface area contributed by atoms with Gasteiger partial charge in [0.15, 0.2) is 0 Å². The first kappa shape index (κ1) is 17.6. The van der Waals surface area contributed by atoms with Crippen molar-refractivity contribution in [3.63, 3.8) is 0 Å². The Labute approximate surface area is 151 Å². The minimum Gasteiger partial charge on any atom is -0.481 e. The fourth-order valence-corrected chi connectivity index (χ4v) is 4.16. The minimum absolute atomic E-state index is 0.0496. The summed E-state index contributed by atoms with van der Waals surface area (Å²) in [6.45, 7) is 0.732. The number of amides is 1. The lowest BCUT2D eigenvalue weighted by Gasteiger charge is -2.36. The molecule has 3 rings (SSSR count). The molecule has 4 nitrogen and oxygen atoms in total. The lowest BCUT2D eigenvalue weighted by atomic mass is 9.97. The quantitative estimate of drug-likeness (QED) is 0.839. The Morgan fingerprint density at radius 3 is 2.79 bits per heavy atom. The van der Waals surface area contributed by atoms with Gasteiger partial charge in [-0.3, -0.25) is 9.59 Å². The molecule has 0 spiro atoms. The number of carboxylic acids is 1. The van der Waals surface area contributed by atoms with E-state index in [-0.39, 0.29) is 30.2 Å². The Balaban J connectivity index is 1.67. The van der Waals surface area contributed by atoms with E-state index in [9.17, 15) is 9.59 Å². The van der Waals surface area contributed by atoms with Crippen LogP contribution in [-0.4, -0.2) is 34.5 Å². The summed E-state index contributed by atoms with van der Waals surface area (Å²) in [5, 5.41) is 9.97. The fraction of sp³-hybridized carbons (Fsp3) is 0.556. The van der Waals surface area contributed by atoms with Crippen molar-refractivity contribution in [2.45, 2.75) is 50.5 Å². The number of rotatable bonds is 5. The van der Waals surface area contributed by atoms with Crippen molar-refractivity contribution >= 4 is 35.1 Å². The second-order valence-electron chi connectivity index (χ2n) is 6.71. The van der Waals surface area contributed by atoms with E-state index in [0.717, 1.165) is 37.8 Å². The standard InChI is InChI=1S/C18H21Cl2NO3/c19-15-6-3-5-12(17(15)20)13-10-14(13)18(24)21-9-2-1-4-11(21)7-8-16(22)23/h3,5-6,11,13-14H,1-2,4,7-10H2,(H,22,23). The van der Waals surface area contributed by atoms with Crippen molar-refractivity contribution < 1.29 is 14.7 Å². The van der Waals surface area contributed by atoms with Gasteiger partial charge in [0.05, 0.1) is 10.0 Å². The maximum atomic E-state index is 12.9. The van der Waals surface area contributed by atoms with Crippen LogP contribution in [0.2, 0.25) is 10.0 Å². The number of carboxylic acid groups (broad SMARTS) is 1. The van der Waals surface area contributed by atoms with Gasteiger partial charge in [-0.05, 0) is 49.7 Å². The number of hydrogen-bond acceptors (Lipinski definition) is 2. The highest BCUT2D eigenvalue weighted by Gasteiger charge is 2.48. The summed E-state index contributed by atoms with van der Waals surface area (Å²) >= 11 is 12.3. The normalized spacial score (nSPS) is 26.2. The van der Waals surface area contributed by atoms with Gasteiger partial charge >= 0.3 is 5.97 Å². The van der Waals surface area contributed by atoms with Gasteiger partial charge < -0.3 is 10.0 Å². The van der Waals surface area contributed by atoms with Gasteiger partial charge in [-0.15, -0.1) is 0 Å². The van der Waals surface area contributed by atoms with Crippen LogP contribution in [-0.2, 0) is 9.59 Å². The number of carbonyl (C=O) groups is 2. The molecule has 3 atom stereocenters. The van der Waals surface area contributed by atoms with E-state index < -0.39 is 5.97 Å². The molecule has 1 aliphatic carbocycles. The highest BCUT2D eigenvalue weighted by Crippen LogP contribution is 2.52. The number of piperidine rings is 1. The van der Waals surface area contributed by atoms with Gasteiger partial charge in [0.25, 0.3) is 0 Å². The third-order valence-corrected chi connectivity index (χ3v) is 5.92. The molecule has 1 saturated heterocycles. The highest BCUT2D eigenvalue weighted by atomic mass is 35.5. The molecule has 2 aliphatic rings. The van der Waals surface area contributed by atoms with Gasteiger partial charge in [0, 0.05) is 24.9 Å². The molecule has 0 aromatic heterocycles. The third kappa shape index (κ3) is 3.70. The van der Waals surface area contributed by atoms with Crippen LogP contribution in [0, 0.1) is 5.92 Å². The topological polar surface area (TPSA) is 57.6 Å². The van der Waals surface area contributed by atoms with E-state index >= 15 is 0 Å². The Morgan fingerprint density at radius 1 is 1.25 bits per heavy atom. The van der Waals surface area contributed by atoms with E-state index in [1.54, 1.807) is 6.07 Å². The molecule has 1 amide bonds. The molecular formula is C18H21Cl2NO3. The molecule has 1 heterocycles. The van der Waals surface area contributed by atoms with Crippen molar-refractivity contribution in [3.8, 4) is 0 Å². The van der Waals surface area contributed by atoms with Crippen molar-refractivity contribution in [3.05, 3.63) is 33.8 Å². The van der Waals surface area contributed by atoms with E-state index in [1.165, 1.54) is 0 Å². The average molecular weight is 370 g/mol. The zero-order valence-electron chi connectivity index (χ0n) is 13.4. The molecule has 1 aromatic rings. The van der Waals surface area contributed by atoms with Gasteiger partial charge in [-0.2, -0.15) is 0 Å². The summed E-state index contributed by atoms with van der Waals surface area (Å²) in [6, 6.07) is 5.60. The Hall–Kier alpha value is -1.26. The molecule has 3 unspecified atom stereocenters. The van der Waals surface area contributed by atoms with Crippen LogP contribution in [0.1, 0.15) is 50.0 Å². The van der Waals surface area contributed by atoms with E-state index in [1.807, 2.05) is 17.0 Å². The summed E-state index contributed by atoms with van der Waals surface area (Å²) < 4.78 is 0. The molecular weight excluding hydrogens is 349 g/mol. The molecule has 24 heavy (non-hydrogen) atoms. The predicted octanol–water partition coefficient (Wildman–Crippen LogP) is 4.34. The highest BCUT2D eigenvalue weighted by molar-refractivity contribution is 6.42. The summed E-state index contributed by atoms with van der Waals surface area (Å²) in [5.41, 5.74) is 0.946. The van der Waals surface area contributed by atoms with Gasteiger partial charge in [0.2, 0.25) is 5.91 Å². The monoisotopic (exact) mass is 369 g/mol. The minimum atomic E-state index is -0.803. The second kappa shape index (κ2) is 7.32. The predicted molar refractivity (Wildman–Crippen MR) is 93.5 cm³/mol. The summed E-state index contributed by atoms with van der Waals surface area (Å²) in [7, 11) is 0. The maximum Gasteiger partial charge on any atom is 0.303 e. The molecule has 6 heteroatoms. The number of hydrogen-bond donors (Lipinski definition) is 1. The van der Waals surface area contributed by atoms with Crippen LogP contribution >= 0.6 is 23.2 Å². The summed E-state index contributed by atoms with van der Waals surface area (Å²) in [5.74, 6) is -0.578. The van der Waals surface area contributed by atoms with Gasteiger partial charge in [-0.25, -0.2) is 0 Å². The van der Waals surface area contributed by atoms with Crippen LogP contribution in [0.25, 0.3) is 0 Å². The molecule has 1 N–H and O–H groups in total. The number of carbonyl (C=O) groups excluding carboxylic acids is 1. The Morgan fingerprint density at radius 2 is 2.04 bits per heavy atom. The van der Waals surface area contributed by atoms with Crippen molar-refractivity contribution in [2.24, 2.45) is 5.92 Å². The molecule has 130 valence electrons. The zero-order chi connectivity index (χ0) is 17.3. The average Bonchev–Trinajstić information content (AvgIpc) is 3.35. The first-order valence-electron chi connectivity index (χ1n) is 8.45. The molecule has 1 saturated carbocycles. The third-order valence-electron chi connectivity index (χ3n) is 5.09. The smallest absolute Gasteiger partial charge is 0.303 e. The number of halogens is 2. The Kier molecular flexibility index (Phi) is 5.36. The van der Waals surface area contributed by atoms with E-state index in [4.69, 9.17) is 28.3 Å². The number of nitrogens with zero attached hydrogens (tertiary/aromatic N) is 1. The lowest BCUT2D eigenvalue weighted by molar-refractivity contribution is -0.140. The number of likely N-dealkylation sites (tertiary alicyclic amines) is 1. The van der Waals surface area contributed by atoms with Crippen molar-refractivity contribution in [1.82, 2.24) is 4.90 Å². The number of benzene rings is 1. The van der Waals surface area contributed by atoms with Crippen LogP contribution < -0.4 is 0 Å². The first-order chi connectivity index (χ1) is 11.5. The van der Waals surface area contributed by atoms with Gasteiger partial charge in [0.1, 0.15) is 0 Å². The molecule has 2 fully saturated rings. The summed E-state index contributed by atoms with van der Waals surface area (Å²) in [4.78, 5) is 25.7. The number of aliphatic carboxylic acids is 1. The van der Waals surface area contributed by atoms with Crippen LogP contribution in [0.15, 0.2) is 18.2 Å². The second-order valence-corrected chi connectivity index (χ2v) is 7.49. The van der Waals surface area contributed by atoms with Crippen LogP contribution in [0.4, 0.5) is 0 Å². The molecule has 1 aliphatic heterocycles. The molecule has 0 bridgehead atoms. The van der Waals surface area contributed by atoms with Crippen molar-refractivity contribution in [1.29, 1.82) is 0 Å². The largest absolute Gasteiger partial charge is 0.481 e. The maximum absolute atomic E-state index is 12.9. The zero-order valence-corrected chi connectivity index (χ0v) is 14.9. The van der Waals surface area contributed by atoms with Gasteiger partial charge in [-0.1, -0.05) is 35.3 Å². The fourth-order valence-electron chi connectivity index (χ4n) is 3.71. The SMILES string of the molecule is O=C(O)CCC1CCCCN1C(=O)C1CC1c1cccc(Cl)c1Cl. The first-order valence-corrected chi connectivity index (χ1v) is 9.21. The summed E-state index contributed by atoms with van der Waals surface area (Å²) in [6.07, 6.45) is 4.39.